The molecule has 13 heteroatoms. The number of benzene rings is 3. The number of aliphatic hydroxyl groups is 3. The van der Waals surface area contributed by atoms with Gasteiger partial charge in [-0.1, -0.05) is 72.6 Å². The molecule has 6 rings (SSSR count). The Balaban J connectivity index is 1.57. The number of aliphatic hydroxyl groups excluding tert-OH is 3. The normalized spacial score (nSPS) is 23.4. The van der Waals surface area contributed by atoms with E-state index in [1.54, 1.807) is 35.2 Å². The van der Waals surface area contributed by atoms with E-state index in [-0.39, 0.29) is 77.0 Å². The maximum Gasteiger partial charge on any atom is 0.410 e. The van der Waals surface area contributed by atoms with Gasteiger partial charge in [-0.2, -0.15) is 0 Å². The molecule has 0 aromatic heterocycles. The van der Waals surface area contributed by atoms with Crippen LogP contribution in [0.15, 0.2) is 102 Å². The highest BCUT2D eigenvalue weighted by molar-refractivity contribution is 6.03. The number of methoxy groups -OCH3 is 1. The van der Waals surface area contributed by atoms with Crippen molar-refractivity contribution in [2.24, 2.45) is 22.9 Å². The van der Waals surface area contributed by atoms with Crippen LogP contribution in [0.3, 0.4) is 0 Å². The van der Waals surface area contributed by atoms with Crippen LogP contribution in [0.2, 0.25) is 0 Å². The summed E-state index contributed by atoms with van der Waals surface area (Å²) in [6.07, 6.45) is 8.66. The Morgan fingerprint density at radius 1 is 0.950 bits per heavy atom. The first kappa shape index (κ1) is 44.5. The molecule has 3 aromatic carbocycles. The number of carbonyl (C=O) groups is 2. The zero-order chi connectivity index (χ0) is 42.3. The Morgan fingerprint density at radius 2 is 1.73 bits per heavy atom. The van der Waals surface area contributed by atoms with Crippen molar-refractivity contribution in [2.45, 2.75) is 69.3 Å². The third-order valence-corrected chi connectivity index (χ3v) is 11.6. The topological polar surface area (TPSA) is 166 Å². The van der Waals surface area contributed by atoms with E-state index in [0.29, 0.717) is 41.4 Å². The number of rotatable bonds is 23. The summed E-state index contributed by atoms with van der Waals surface area (Å²) in [5.74, 6) is -0.683. The van der Waals surface area contributed by atoms with Crippen LogP contribution in [0.1, 0.15) is 72.3 Å². The van der Waals surface area contributed by atoms with E-state index in [4.69, 9.17) is 33.7 Å². The average molecular weight is 827 g/mol. The molecule has 0 saturated heterocycles. The minimum absolute atomic E-state index is 0.00306. The monoisotopic (exact) mass is 826 g/mol. The molecule has 3 aliphatic rings. The third-order valence-electron chi connectivity index (χ3n) is 11.6. The maximum atomic E-state index is 14.0. The molecule has 1 amide bonds. The highest BCUT2D eigenvalue weighted by Crippen LogP contribution is 2.62. The van der Waals surface area contributed by atoms with Gasteiger partial charge in [0.1, 0.15) is 36.2 Å². The van der Waals surface area contributed by atoms with Crippen molar-refractivity contribution in [1.29, 1.82) is 0 Å². The molecule has 0 spiro atoms. The lowest BCUT2D eigenvalue weighted by atomic mass is 9.55. The molecule has 3 N–H and O–H groups in total. The van der Waals surface area contributed by atoms with Gasteiger partial charge >= 0.3 is 6.09 Å². The zero-order valence-corrected chi connectivity index (χ0v) is 34.4. The minimum Gasteiger partial charge on any atom is -0.459 e. The first-order chi connectivity index (χ1) is 29.4. The number of ether oxygens (including phenoxy) is 5. The molecule has 0 radical (unpaired) electrons. The fourth-order valence-corrected chi connectivity index (χ4v) is 9.08. The summed E-state index contributed by atoms with van der Waals surface area (Å²) in [4.78, 5) is 33.3. The Hall–Kier alpha value is -5.05. The SMILES string of the molecule is C=CCOC12Oc3ccc(Oc4cccc(C=O)c4)cc3C3C(CCCCO)C(CCCCO)C=C(C(=NOCc4ccccc4)CC1N(CCOCCO)C(=O)OC)C32. The van der Waals surface area contributed by atoms with Crippen molar-refractivity contribution >= 4 is 18.1 Å². The Bertz CT molecular complexity index is 1940. The van der Waals surface area contributed by atoms with Crippen molar-refractivity contribution in [3.8, 4) is 17.2 Å². The predicted octanol–water partition coefficient (Wildman–Crippen LogP) is 7.20. The highest BCUT2D eigenvalue weighted by Gasteiger charge is 2.65. The van der Waals surface area contributed by atoms with Gasteiger partial charge in [-0.15, -0.1) is 6.58 Å². The largest absolute Gasteiger partial charge is 0.459 e. The third kappa shape index (κ3) is 10.3. The van der Waals surface area contributed by atoms with Crippen LogP contribution in [-0.2, 0) is 25.7 Å². The van der Waals surface area contributed by atoms with Crippen LogP contribution >= 0.6 is 0 Å². The quantitative estimate of drug-likeness (QED) is 0.0383. The summed E-state index contributed by atoms with van der Waals surface area (Å²) >= 11 is 0. The lowest BCUT2D eigenvalue weighted by Crippen LogP contribution is -2.70. The first-order valence-corrected chi connectivity index (χ1v) is 20.9. The van der Waals surface area contributed by atoms with Crippen LogP contribution in [0, 0.1) is 17.8 Å². The number of unbranched alkanes of at least 4 members (excludes halogenated alkanes) is 2. The first-order valence-electron chi connectivity index (χ1n) is 20.9. The Kier molecular flexibility index (Phi) is 16.3. The summed E-state index contributed by atoms with van der Waals surface area (Å²) in [7, 11) is 1.33. The summed E-state index contributed by atoms with van der Waals surface area (Å²) in [6, 6.07) is 21.6. The number of aldehydes is 1. The van der Waals surface area contributed by atoms with Crippen molar-refractivity contribution in [3.63, 3.8) is 0 Å². The number of allylic oxidation sites excluding steroid dienone is 1. The van der Waals surface area contributed by atoms with Gasteiger partial charge in [-0.25, -0.2) is 4.79 Å². The number of fused-ring (bicyclic) bond motifs is 2. The van der Waals surface area contributed by atoms with Gasteiger partial charge in [0, 0.05) is 43.2 Å². The van der Waals surface area contributed by atoms with Crippen LogP contribution in [-0.4, -0.2) is 103 Å². The van der Waals surface area contributed by atoms with Crippen LogP contribution < -0.4 is 9.47 Å². The Morgan fingerprint density at radius 3 is 2.47 bits per heavy atom. The van der Waals surface area contributed by atoms with E-state index in [0.717, 1.165) is 48.7 Å². The molecule has 1 heterocycles. The number of nitrogens with zero attached hydrogens (tertiary/aromatic N) is 2. The number of carbonyl (C=O) groups excluding carboxylic acids is 2. The molecule has 60 heavy (non-hydrogen) atoms. The van der Waals surface area contributed by atoms with Gasteiger partial charge < -0.3 is 43.8 Å². The fourth-order valence-electron chi connectivity index (χ4n) is 9.08. The van der Waals surface area contributed by atoms with Crippen LogP contribution in [0.5, 0.6) is 17.2 Å². The van der Waals surface area contributed by atoms with Crippen molar-refractivity contribution < 1.29 is 53.4 Å². The summed E-state index contributed by atoms with van der Waals surface area (Å²) in [5, 5.41) is 34.1. The molecule has 1 saturated carbocycles. The molecule has 1 aliphatic heterocycles. The molecular formula is C47H58N2O11. The second-order valence-corrected chi connectivity index (χ2v) is 15.3. The van der Waals surface area contributed by atoms with Gasteiger partial charge in [0.05, 0.1) is 45.2 Å². The van der Waals surface area contributed by atoms with Gasteiger partial charge in [0.25, 0.3) is 0 Å². The number of amides is 1. The van der Waals surface area contributed by atoms with Gasteiger partial charge in [-0.05, 0) is 79.0 Å². The lowest BCUT2D eigenvalue weighted by molar-refractivity contribution is -0.255. The molecule has 3 aromatic rings. The van der Waals surface area contributed by atoms with Crippen LogP contribution in [0.4, 0.5) is 4.79 Å². The number of hydrogen-bond donors (Lipinski definition) is 3. The van der Waals surface area contributed by atoms with E-state index in [1.165, 1.54) is 7.11 Å². The smallest absolute Gasteiger partial charge is 0.410 e. The van der Waals surface area contributed by atoms with Crippen LogP contribution in [0.25, 0.3) is 0 Å². The van der Waals surface area contributed by atoms with E-state index in [2.05, 4.69) is 12.7 Å². The predicted molar refractivity (Wildman–Crippen MR) is 225 cm³/mol. The Labute approximate surface area is 352 Å². The zero-order valence-electron chi connectivity index (χ0n) is 34.4. The standard InChI is InChI=1S/C47H58N2O11/c1-3-24-57-47-43(49(46(54)55-2)20-25-56-26-23-52)30-41(48-58-32-33-12-5-4-6-13-33)39-28-35(15-7-9-21-50)38(17-8-10-22-51)44(45(39)47)40-29-37(18-19-42(40)60-47)59-36-16-11-14-34(27-36)31-53/h3-6,11-14,16,18-19,27-29,31,35,38,43-45,50-52H,1,7-10,15,17,20-26,30,32H2,2H3. The second kappa shape index (κ2) is 22.0. The van der Waals surface area contributed by atoms with Crippen molar-refractivity contribution in [3.05, 3.63) is 114 Å². The minimum atomic E-state index is -1.49. The van der Waals surface area contributed by atoms with E-state index in [9.17, 15) is 24.9 Å². The summed E-state index contributed by atoms with van der Waals surface area (Å²) in [6.45, 7) is 4.57. The lowest BCUT2D eigenvalue weighted by Gasteiger charge is -2.59. The molecule has 322 valence electrons. The van der Waals surface area contributed by atoms with E-state index in [1.807, 2.05) is 48.5 Å². The molecule has 2 aliphatic carbocycles. The highest BCUT2D eigenvalue weighted by atomic mass is 16.7. The van der Waals surface area contributed by atoms with E-state index < -0.39 is 23.8 Å². The van der Waals surface area contributed by atoms with Crippen molar-refractivity contribution in [2.75, 3.05) is 53.3 Å². The molecule has 6 unspecified atom stereocenters. The fraction of sp³-hybridized carbons (Fsp3) is 0.468. The number of hydrogen-bond acceptors (Lipinski definition) is 12. The molecule has 13 nitrogen and oxygen atoms in total. The summed E-state index contributed by atoms with van der Waals surface area (Å²) in [5.41, 5.74) is 3.84. The molecule has 1 fully saturated rings. The van der Waals surface area contributed by atoms with E-state index >= 15 is 0 Å². The average Bonchev–Trinajstić information content (AvgIpc) is 3.27. The van der Waals surface area contributed by atoms with Gasteiger partial charge in [-0.3, -0.25) is 9.69 Å². The second-order valence-electron chi connectivity index (χ2n) is 15.3. The maximum absolute atomic E-state index is 14.0. The molecule has 0 bridgehead atoms. The van der Waals surface area contributed by atoms with Gasteiger partial charge in [0.15, 0.2) is 0 Å². The summed E-state index contributed by atoms with van der Waals surface area (Å²) < 4.78 is 31.7. The molecular weight excluding hydrogens is 769 g/mol. The molecule has 6 atom stereocenters. The van der Waals surface area contributed by atoms with Crippen molar-refractivity contribution in [1.82, 2.24) is 4.90 Å². The number of oxime groups is 1. The van der Waals surface area contributed by atoms with Gasteiger partial charge in [0.2, 0.25) is 5.79 Å².